The summed E-state index contributed by atoms with van der Waals surface area (Å²) in [7, 11) is 0. The Labute approximate surface area is 118 Å². The lowest BCUT2D eigenvalue weighted by Gasteiger charge is -2.20. The summed E-state index contributed by atoms with van der Waals surface area (Å²) in [6, 6.07) is 8.02. The van der Waals surface area contributed by atoms with Crippen molar-refractivity contribution in [3.63, 3.8) is 0 Å². The van der Waals surface area contributed by atoms with Gasteiger partial charge in [0.1, 0.15) is 11.6 Å². The first-order chi connectivity index (χ1) is 9.74. The monoisotopic (exact) mass is 269 g/mol. The highest BCUT2D eigenvalue weighted by atomic mass is 15.1. The van der Waals surface area contributed by atoms with Crippen LogP contribution in [0.3, 0.4) is 0 Å². The van der Waals surface area contributed by atoms with E-state index in [1.54, 1.807) is 0 Å². The number of rotatable bonds is 2. The average molecular weight is 269 g/mol. The van der Waals surface area contributed by atoms with Gasteiger partial charge in [0.25, 0.3) is 0 Å². The van der Waals surface area contributed by atoms with E-state index in [0.29, 0.717) is 0 Å². The fraction of sp³-hybridized carbons (Fsp3) is 0.333. The molecule has 0 bridgehead atoms. The van der Waals surface area contributed by atoms with E-state index in [-0.39, 0.29) is 6.04 Å². The number of nitrogens with two attached hydrogens (primary N) is 1. The third kappa shape index (κ3) is 2.52. The highest BCUT2D eigenvalue weighted by molar-refractivity contribution is 5.67. The number of nitrogen functional groups attached to an aromatic ring is 1. The Kier molecular flexibility index (Phi) is 3.41. The minimum Gasteiger partial charge on any atom is -0.397 e. The molecule has 5 heteroatoms. The van der Waals surface area contributed by atoms with Crippen LogP contribution in [0.1, 0.15) is 30.3 Å². The normalized spacial score (nSPS) is 17.8. The molecular formula is C15H19N5. The number of nitrogens with one attached hydrogen (secondary N) is 2. The molecule has 0 saturated heterocycles. The molecular weight excluding hydrogens is 250 g/mol. The second-order valence-corrected chi connectivity index (χ2v) is 5.07. The molecule has 0 aliphatic carbocycles. The Bertz CT molecular complexity index is 611. The molecule has 2 aromatic rings. The van der Waals surface area contributed by atoms with Gasteiger partial charge >= 0.3 is 0 Å². The molecule has 0 radical (unpaired) electrons. The van der Waals surface area contributed by atoms with Gasteiger partial charge in [-0.05, 0) is 31.9 Å². The predicted molar refractivity (Wildman–Crippen MR) is 81.7 cm³/mol. The summed E-state index contributed by atoms with van der Waals surface area (Å²) in [6.45, 7) is 2.84. The van der Waals surface area contributed by atoms with Crippen LogP contribution in [0.2, 0.25) is 0 Å². The van der Waals surface area contributed by atoms with Gasteiger partial charge in [-0.2, -0.15) is 0 Å². The van der Waals surface area contributed by atoms with Crippen molar-refractivity contribution in [2.75, 3.05) is 22.9 Å². The van der Waals surface area contributed by atoms with Gasteiger partial charge in [-0.25, -0.2) is 9.97 Å². The predicted octanol–water partition coefficient (Wildman–Crippen LogP) is 2.73. The van der Waals surface area contributed by atoms with Crippen molar-refractivity contribution in [1.82, 2.24) is 9.97 Å². The van der Waals surface area contributed by atoms with Crippen LogP contribution in [0, 0.1) is 6.92 Å². The summed E-state index contributed by atoms with van der Waals surface area (Å²) in [6.07, 6.45) is 4.02. The maximum Gasteiger partial charge on any atom is 0.134 e. The van der Waals surface area contributed by atoms with E-state index in [2.05, 4.69) is 20.6 Å². The van der Waals surface area contributed by atoms with Crippen molar-refractivity contribution in [1.29, 1.82) is 0 Å². The van der Waals surface area contributed by atoms with E-state index >= 15 is 0 Å². The third-order valence-electron chi connectivity index (χ3n) is 3.57. The van der Waals surface area contributed by atoms with E-state index < -0.39 is 0 Å². The van der Waals surface area contributed by atoms with Crippen LogP contribution in [0.15, 0.2) is 30.5 Å². The van der Waals surface area contributed by atoms with E-state index in [1.807, 2.05) is 37.4 Å². The van der Waals surface area contributed by atoms with Gasteiger partial charge in [-0.3, -0.25) is 0 Å². The Morgan fingerprint density at radius 2 is 2.20 bits per heavy atom. The minimum atomic E-state index is 0.185. The Balaban J connectivity index is 1.92. The largest absolute Gasteiger partial charge is 0.397 e. The second-order valence-electron chi connectivity index (χ2n) is 5.07. The molecule has 1 aliphatic heterocycles. The molecule has 1 aromatic carbocycles. The Hall–Kier alpha value is -2.30. The molecule has 1 aliphatic rings. The SMILES string of the molecule is Cc1ncc2c(n1)NCCCC2Nc1ccccc1N. The molecule has 0 amide bonds. The zero-order valence-electron chi connectivity index (χ0n) is 11.6. The summed E-state index contributed by atoms with van der Waals surface area (Å²) < 4.78 is 0. The molecule has 0 spiro atoms. The van der Waals surface area contributed by atoms with Gasteiger partial charge in [-0.1, -0.05) is 12.1 Å². The molecule has 3 rings (SSSR count). The van der Waals surface area contributed by atoms with Crippen molar-refractivity contribution in [2.24, 2.45) is 0 Å². The van der Waals surface area contributed by atoms with Crippen molar-refractivity contribution in [3.8, 4) is 0 Å². The lowest BCUT2D eigenvalue weighted by Crippen LogP contribution is -2.13. The number of anilines is 3. The Morgan fingerprint density at radius 1 is 1.35 bits per heavy atom. The summed E-state index contributed by atoms with van der Waals surface area (Å²) in [4.78, 5) is 8.82. The van der Waals surface area contributed by atoms with E-state index in [9.17, 15) is 0 Å². The summed E-state index contributed by atoms with van der Waals surface area (Å²) in [5, 5.41) is 6.89. The number of aryl methyl sites for hydroxylation is 1. The number of fused-ring (bicyclic) bond motifs is 1. The standard InChI is InChI=1S/C15H19N5/c1-10-18-9-11-13(7-4-8-17-15(11)19-10)20-14-6-3-2-5-12(14)16/h2-3,5-6,9,13,20H,4,7-8,16H2,1H3,(H,17,18,19). The van der Waals surface area contributed by atoms with Crippen LogP contribution in [0.4, 0.5) is 17.2 Å². The van der Waals surface area contributed by atoms with Crippen molar-refractivity contribution < 1.29 is 0 Å². The number of benzene rings is 1. The van der Waals surface area contributed by atoms with Gasteiger partial charge in [0.2, 0.25) is 0 Å². The van der Waals surface area contributed by atoms with Gasteiger partial charge in [0.15, 0.2) is 0 Å². The highest BCUT2D eigenvalue weighted by Crippen LogP contribution is 2.32. The van der Waals surface area contributed by atoms with Gasteiger partial charge in [-0.15, -0.1) is 0 Å². The molecule has 2 heterocycles. The zero-order chi connectivity index (χ0) is 13.9. The molecule has 20 heavy (non-hydrogen) atoms. The van der Waals surface area contributed by atoms with Gasteiger partial charge in [0.05, 0.1) is 17.4 Å². The number of hydrogen-bond donors (Lipinski definition) is 3. The van der Waals surface area contributed by atoms with Crippen molar-refractivity contribution in [2.45, 2.75) is 25.8 Å². The number of aromatic nitrogens is 2. The van der Waals surface area contributed by atoms with E-state index in [1.165, 1.54) is 0 Å². The average Bonchev–Trinajstić information content (AvgIpc) is 2.63. The highest BCUT2D eigenvalue weighted by Gasteiger charge is 2.20. The first-order valence-electron chi connectivity index (χ1n) is 6.92. The quantitative estimate of drug-likeness (QED) is 0.731. The molecule has 104 valence electrons. The molecule has 0 saturated carbocycles. The second kappa shape index (κ2) is 5.36. The van der Waals surface area contributed by atoms with Crippen molar-refractivity contribution in [3.05, 3.63) is 41.9 Å². The zero-order valence-corrected chi connectivity index (χ0v) is 11.6. The van der Waals surface area contributed by atoms with Crippen LogP contribution in [0.5, 0.6) is 0 Å². The molecule has 1 aromatic heterocycles. The summed E-state index contributed by atoms with van der Waals surface area (Å²) in [5.74, 6) is 1.72. The molecule has 4 N–H and O–H groups in total. The van der Waals surface area contributed by atoms with Crippen LogP contribution in [0.25, 0.3) is 0 Å². The van der Waals surface area contributed by atoms with Crippen LogP contribution in [-0.4, -0.2) is 16.5 Å². The lowest BCUT2D eigenvalue weighted by molar-refractivity contribution is 0.677. The fourth-order valence-corrected chi connectivity index (χ4v) is 2.51. The molecule has 1 atom stereocenters. The Morgan fingerprint density at radius 3 is 3.05 bits per heavy atom. The first-order valence-corrected chi connectivity index (χ1v) is 6.92. The maximum absolute atomic E-state index is 6.01. The van der Waals surface area contributed by atoms with Gasteiger partial charge < -0.3 is 16.4 Å². The third-order valence-corrected chi connectivity index (χ3v) is 3.57. The van der Waals surface area contributed by atoms with Crippen molar-refractivity contribution >= 4 is 17.2 Å². The number of nitrogens with zero attached hydrogens (tertiary/aromatic N) is 2. The molecule has 1 unspecified atom stereocenters. The molecule has 5 nitrogen and oxygen atoms in total. The fourth-order valence-electron chi connectivity index (χ4n) is 2.51. The smallest absolute Gasteiger partial charge is 0.134 e. The summed E-state index contributed by atoms with van der Waals surface area (Å²) in [5.41, 5.74) is 8.85. The van der Waals surface area contributed by atoms with E-state index in [4.69, 9.17) is 5.73 Å². The number of hydrogen-bond acceptors (Lipinski definition) is 5. The van der Waals surface area contributed by atoms with Gasteiger partial charge in [0, 0.05) is 18.3 Å². The van der Waals surface area contributed by atoms with Crippen LogP contribution < -0.4 is 16.4 Å². The summed E-state index contributed by atoms with van der Waals surface area (Å²) >= 11 is 0. The number of para-hydroxylation sites is 2. The lowest BCUT2D eigenvalue weighted by atomic mass is 10.0. The molecule has 0 fully saturated rings. The minimum absolute atomic E-state index is 0.185. The topological polar surface area (TPSA) is 75.9 Å². The maximum atomic E-state index is 6.01. The first kappa shape index (κ1) is 12.7. The van der Waals surface area contributed by atoms with Crippen LogP contribution in [-0.2, 0) is 0 Å². The van der Waals surface area contributed by atoms with E-state index in [0.717, 1.165) is 48.0 Å². The van der Waals surface area contributed by atoms with Crippen LogP contribution >= 0.6 is 0 Å².